The smallest absolute Gasteiger partial charge is 0.326 e. The number of hydrogen-bond donors (Lipinski definition) is 3. The van der Waals surface area contributed by atoms with Crippen LogP contribution in [0.3, 0.4) is 0 Å². The number of nitrogens with one attached hydrogen (secondary N) is 2. The number of nitrogens with zero attached hydrogens (tertiary/aromatic N) is 5. The Balaban J connectivity index is 1.39. The van der Waals surface area contributed by atoms with Crippen LogP contribution in [0.15, 0.2) is 54.9 Å². The van der Waals surface area contributed by atoms with E-state index >= 15 is 0 Å². The Hall–Kier alpha value is -4.09. The summed E-state index contributed by atoms with van der Waals surface area (Å²) < 4.78 is 2.64. The van der Waals surface area contributed by atoms with Crippen molar-refractivity contribution in [2.75, 3.05) is 5.32 Å². The molecule has 5 aromatic rings. The number of carbonyl (C=O) groups excluding carboxylic acids is 1. The van der Waals surface area contributed by atoms with E-state index in [9.17, 15) is 14.7 Å². The summed E-state index contributed by atoms with van der Waals surface area (Å²) in [4.78, 5) is 33.0. The number of rotatable bonds is 7. The molecule has 2 aromatic carbocycles. The van der Waals surface area contributed by atoms with Crippen LogP contribution in [0.2, 0.25) is 5.02 Å². The number of amides is 1. The van der Waals surface area contributed by atoms with E-state index in [2.05, 4.69) is 30.8 Å². The molecular formula is C24H20ClN7O3S. The highest BCUT2D eigenvalue weighted by Crippen LogP contribution is 2.31. The number of aliphatic carboxylic acids is 1. The van der Waals surface area contributed by atoms with Gasteiger partial charge in [0, 0.05) is 28.7 Å². The zero-order valence-electron chi connectivity index (χ0n) is 19.1. The quantitative estimate of drug-likeness (QED) is 0.282. The summed E-state index contributed by atoms with van der Waals surface area (Å²) in [6.07, 6.45) is 3.10. The van der Waals surface area contributed by atoms with E-state index in [1.54, 1.807) is 24.4 Å². The highest BCUT2D eigenvalue weighted by Gasteiger charge is 2.26. The molecule has 36 heavy (non-hydrogen) atoms. The molecule has 3 heterocycles. The van der Waals surface area contributed by atoms with E-state index in [0.29, 0.717) is 10.8 Å². The molecule has 1 atom stereocenters. The molecule has 0 aliphatic carbocycles. The van der Waals surface area contributed by atoms with Gasteiger partial charge in [0.05, 0.1) is 10.2 Å². The van der Waals surface area contributed by atoms with Crippen LogP contribution in [0.5, 0.6) is 0 Å². The largest absolute Gasteiger partial charge is 0.480 e. The molecular weight excluding hydrogens is 502 g/mol. The maximum Gasteiger partial charge on any atom is 0.326 e. The van der Waals surface area contributed by atoms with Crippen molar-refractivity contribution >= 4 is 61.5 Å². The first-order chi connectivity index (χ1) is 17.3. The molecule has 182 valence electrons. The molecule has 0 radical (unpaired) electrons. The Labute approximate surface area is 214 Å². The predicted molar refractivity (Wildman–Crippen MR) is 138 cm³/mol. The SMILES string of the molecule is CC(C)[C@H](NC(=O)c1nccn2c(-c3ccc(Nc4nc5ccc(Cl)cc5s4)cc3)nnc12)C(=O)O. The number of carbonyl (C=O) groups is 2. The summed E-state index contributed by atoms with van der Waals surface area (Å²) in [7, 11) is 0. The summed E-state index contributed by atoms with van der Waals surface area (Å²) >= 11 is 7.57. The number of hydrogen-bond acceptors (Lipinski definition) is 8. The highest BCUT2D eigenvalue weighted by molar-refractivity contribution is 7.22. The number of thiazole rings is 1. The molecule has 0 bridgehead atoms. The molecule has 5 rings (SSSR count). The normalized spacial score (nSPS) is 12.2. The van der Waals surface area contributed by atoms with Gasteiger partial charge in [-0.1, -0.05) is 36.8 Å². The van der Waals surface area contributed by atoms with Crippen molar-refractivity contribution in [3.8, 4) is 11.4 Å². The standard InChI is InChI=1S/C24H20ClN7O3S/c1-12(2)18(23(34)35)29-22(33)19-21-31-30-20(32(21)10-9-26-19)13-3-6-15(7-4-13)27-24-28-16-8-5-14(25)11-17(16)36-24/h3-12,18H,1-2H3,(H,27,28)(H,29,33)(H,34,35)/t18-/m0/s1. The van der Waals surface area contributed by atoms with Gasteiger partial charge in [-0.25, -0.2) is 14.8 Å². The maximum absolute atomic E-state index is 12.8. The molecule has 1 amide bonds. The Morgan fingerprint density at radius 3 is 2.61 bits per heavy atom. The average molecular weight is 522 g/mol. The summed E-state index contributed by atoms with van der Waals surface area (Å²) in [6, 6.07) is 12.1. The monoisotopic (exact) mass is 521 g/mol. The molecule has 0 unspecified atom stereocenters. The van der Waals surface area contributed by atoms with Gasteiger partial charge in [-0.3, -0.25) is 9.20 Å². The molecule has 0 aliphatic rings. The number of anilines is 2. The summed E-state index contributed by atoms with van der Waals surface area (Å²) in [6.45, 7) is 3.43. The number of benzene rings is 2. The first kappa shape index (κ1) is 23.6. The van der Waals surface area contributed by atoms with Crippen LogP contribution in [-0.2, 0) is 4.79 Å². The van der Waals surface area contributed by atoms with Crippen LogP contribution in [0.25, 0.3) is 27.3 Å². The molecule has 0 saturated carbocycles. The fourth-order valence-corrected chi connectivity index (χ4v) is 4.85. The van der Waals surface area contributed by atoms with Gasteiger partial charge in [0.25, 0.3) is 5.91 Å². The first-order valence-electron chi connectivity index (χ1n) is 11.0. The molecule has 0 spiro atoms. The number of fused-ring (bicyclic) bond motifs is 2. The second-order valence-corrected chi connectivity index (χ2v) is 9.83. The van der Waals surface area contributed by atoms with E-state index < -0.39 is 17.9 Å². The Morgan fingerprint density at radius 2 is 1.89 bits per heavy atom. The van der Waals surface area contributed by atoms with Crippen LogP contribution in [-0.4, -0.2) is 47.6 Å². The average Bonchev–Trinajstić information content (AvgIpc) is 3.45. The lowest BCUT2D eigenvalue weighted by Gasteiger charge is -2.17. The second kappa shape index (κ2) is 9.51. The van der Waals surface area contributed by atoms with Crippen LogP contribution in [0.1, 0.15) is 24.3 Å². The Morgan fingerprint density at radius 1 is 1.11 bits per heavy atom. The van der Waals surface area contributed by atoms with Crippen LogP contribution in [0.4, 0.5) is 10.8 Å². The van der Waals surface area contributed by atoms with Gasteiger partial charge >= 0.3 is 5.97 Å². The third kappa shape index (κ3) is 4.58. The molecule has 3 aromatic heterocycles. The minimum atomic E-state index is -1.11. The van der Waals surface area contributed by atoms with Crippen LogP contribution in [0, 0.1) is 5.92 Å². The van der Waals surface area contributed by atoms with E-state index in [0.717, 1.165) is 26.6 Å². The molecule has 0 fully saturated rings. The fraction of sp³-hybridized carbons (Fsp3) is 0.167. The number of aromatic nitrogens is 5. The molecule has 12 heteroatoms. The van der Waals surface area contributed by atoms with Gasteiger partial charge in [-0.15, -0.1) is 10.2 Å². The summed E-state index contributed by atoms with van der Waals surface area (Å²) in [5.74, 6) is -1.53. The van der Waals surface area contributed by atoms with Crippen molar-refractivity contribution in [2.24, 2.45) is 5.92 Å². The van der Waals surface area contributed by atoms with Crippen molar-refractivity contribution < 1.29 is 14.7 Å². The van der Waals surface area contributed by atoms with Gasteiger partial charge in [-0.05, 0) is 48.4 Å². The van der Waals surface area contributed by atoms with Crippen molar-refractivity contribution in [2.45, 2.75) is 19.9 Å². The Bertz CT molecular complexity index is 1600. The summed E-state index contributed by atoms with van der Waals surface area (Å²) in [5, 5.41) is 25.0. The third-order valence-corrected chi connectivity index (χ3v) is 6.67. The van der Waals surface area contributed by atoms with E-state index in [-0.39, 0.29) is 17.3 Å². The van der Waals surface area contributed by atoms with Gasteiger partial charge in [0.15, 0.2) is 22.3 Å². The Kier molecular flexibility index (Phi) is 6.25. The second-order valence-electron chi connectivity index (χ2n) is 8.36. The molecule has 0 aliphatic heterocycles. The zero-order valence-corrected chi connectivity index (χ0v) is 20.7. The number of halogens is 1. The zero-order chi connectivity index (χ0) is 25.4. The lowest BCUT2D eigenvalue weighted by Crippen LogP contribution is -2.44. The summed E-state index contributed by atoms with van der Waals surface area (Å²) in [5.41, 5.74) is 2.71. The van der Waals surface area contributed by atoms with E-state index in [4.69, 9.17) is 11.6 Å². The van der Waals surface area contributed by atoms with Gasteiger partial charge in [0.2, 0.25) is 0 Å². The third-order valence-electron chi connectivity index (χ3n) is 5.51. The fourth-order valence-electron chi connectivity index (χ4n) is 3.68. The van der Waals surface area contributed by atoms with Gasteiger partial charge in [-0.2, -0.15) is 0 Å². The molecule has 10 nitrogen and oxygen atoms in total. The van der Waals surface area contributed by atoms with E-state index in [1.807, 2.05) is 42.5 Å². The lowest BCUT2D eigenvalue weighted by atomic mass is 10.0. The minimum Gasteiger partial charge on any atom is -0.480 e. The highest BCUT2D eigenvalue weighted by atomic mass is 35.5. The van der Waals surface area contributed by atoms with Gasteiger partial charge < -0.3 is 15.7 Å². The van der Waals surface area contributed by atoms with Crippen LogP contribution >= 0.6 is 22.9 Å². The predicted octanol–water partition coefficient (Wildman–Crippen LogP) is 4.64. The molecule has 0 saturated heterocycles. The van der Waals surface area contributed by atoms with Crippen molar-refractivity contribution in [3.63, 3.8) is 0 Å². The minimum absolute atomic E-state index is 0.00243. The topological polar surface area (TPSA) is 134 Å². The van der Waals surface area contributed by atoms with Crippen molar-refractivity contribution in [1.82, 2.24) is 29.9 Å². The first-order valence-corrected chi connectivity index (χ1v) is 12.2. The van der Waals surface area contributed by atoms with Gasteiger partial charge in [0.1, 0.15) is 6.04 Å². The lowest BCUT2D eigenvalue weighted by molar-refractivity contribution is -0.140. The van der Waals surface area contributed by atoms with E-state index in [1.165, 1.54) is 17.5 Å². The maximum atomic E-state index is 12.8. The van der Waals surface area contributed by atoms with Crippen molar-refractivity contribution in [1.29, 1.82) is 0 Å². The number of carboxylic acid groups (broad SMARTS) is 1. The number of carboxylic acids is 1. The molecule has 3 N–H and O–H groups in total. The van der Waals surface area contributed by atoms with Crippen LogP contribution < -0.4 is 10.6 Å². The van der Waals surface area contributed by atoms with Crippen molar-refractivity contribution in [3.05, 3.63) is 65.6 Å².